The maximum absolute atomic E-state index is 17.0. The zero-order valence-corrected chi connectivity index (χ0v) is 41.5. The standard InChI is InChI=1S/C60H55N5O8S/c1-38(40-19-7-4-8-20-40)61-58(70)64-46-30-29-39(31-34-59(71)32-17-2-3-18-33-59)37-44(46)60(56(64)69)49(54(67)63-57-62-45-26-14-16-28-48(45)74-57)51-55(68)73-52(42-23-11-6-12-24-42)50(41-21-9-5-10-22-41)65(51)53(60)43-25-13-15-27-47(43)72-36-35-66/h4-16,19-30,37-38,49-53,66,71H,2-3,17-18,32-33,35-36H2,1H3,(H,61,70)(H,62,63,67)/t38-,49+,50+,51+,52-,53-,60+/m1/s1. The molecular weight excluding hydrogens is 951 g/mol. The molecule has 14 heteroatoms. The fraction of sp³-hybridized carbons (Fsp3) is 0.283. The van der Waals surface area contributed by atoms with Crippen molar-refractivity contribution >= 4 is 56.2 Å². The van der Waals surface area contributed by atoms with Crippen LogP contribution in [0.4, 0.5) is 15.6 Å². The number of hydrogen-bond acceptors (Lipinski definition) is 11. The van der Waals surface area contributed by atoms with Crippen LogP contribution in [0.1, 0.15) is 103 Å². The van der Waals surface area contributed by atoms with Gasteiger partial charge in [-0.05, 0) is 91.3 Å². The number of hydrogen-bond donors (Lipinski definition) is 4. The molecule has 11 rings (SSSR count). The minimum Gasteiger partial charge on any atom is -0.491 e. The van der Waals surface area contributed by atoms with E-state index in [-0.39, 0.29) is 29.6 Å². The first kappa shape index (κ1) is 48.6. The summed E-state index contributed by atoms with van der Waals surface area (Å²) in [5.74, 6) is 2.89. The van der Waals surface area contributed by atoms with Crippen molar-refractivity contribution in [1.82, 2.24) is 15.2 Å². The summed E-state index contributed by atoms with van der Waals surface area (Å²) in [4.78, 5) is 72.0. The third kappa shape index (κ3) is 8.69. The smallest absolute Gasteiger partial charge is 0.329 e. The highest BCUT2D eigenvalue weighted by molar-refractivity contribution is 7.22. The number of cyclic esters (lactones) is 1. The molecule has 0 radical (unpaired) electrons. The number of imide groups is 1. The molecule has 4 aliphatic rings. The lowest BCUT2D eigenvalue weighted by molar-refractivity contribution is -0.177. The topological polar surface area (TPSA) is 171 Å². The van der Waals surface area contributed by atoms with Crippen molar-refractivity contribution in [2.75, 3.05) is 23.4 Å². The van der Waals surface area contributed by atoms with Gasteiger partial charge in [-0.25, -0.2) is 14.7 Å². The van der Waals surface area contributed by atoms with E-state index in [1.807, 2.05) is 133 Å². The number of urea groups is 1. The van der Waals surface area contributed by atoms with Crippen molar-refractivity contribution in [3.63, 3.8) is 0 Å². The van der Waals surface area contributed by atoms with Crippen LogP contribution in [0.3, 0.4) is 0 Å². The van der Waals surface area contributed by atoms with Crippen molar-refractivity contribution in [3.05, 3.63) is 191 Å². The normalized spacial score (nSPS) is 23.4. The number of carbonyl (C=O) groups is 4. The molecule has 4 heterocycles. The van der Waals surface area contributed by atoms with Gasteiger partial charge in [0.15, 0.2) is 5.13 Å². The van der Waals surface area contributed by atoms with Crippen molar-refractivity contribution < 1.29 is 38.9 Å². The van der Waals surface area contributed by atoms with Gasteiger partial charge in [-0.3, -0.25) is 19.3 Å². The van der Waals surface area contributed by atoms with Gasteiger partial charge in [0.25, 0.3) is 0 Å². The zero-order chi connectivity index (χ0) is 51.0. The van der Waals surface area contributed by atoms with E-state index >= 15 is 19.2 Å². The van der Waals surface area contributed by atoms with Gasteiger partial charge in [0, 0.05) is 11.1 Å². The number of aliphatic hydroxyl groups excluding tert-OH is 1. The Bertz CT molecular complexity index is 3260. The van der Waals surface area contributed by atoms with E-state index in [2.05, 4.69) is 22.5 Å². The molecule has 13 nitrogen and oxygen atoms in total. The highest BCUT2D eigenvalue weighted by atomic mass is 32.1. The highest BCUT2D eigenvalue weighted by Crippen LogP contribution is 2.67. The molecule has 1 aliphatic carbocycles. The van der Waals surface area contributed by atoms with E-state index in [0.717, 1.165) is 46.4 Å². The van der Waals surface area contributed by atoms with Crippen LogP contribution < -0.4 is 20.3 Å². The van der Waals surface area contributed by atoms with Crippen LogP contribution in [-0.4, -0.2) is 68.8 Å². The summed E-state index contributed by atoms with van der Waals surface area (Å²) >= 11 is 1.25. The Kier molecular flexibility index (Phi) is 13.3. The Balaban J connectivity index is 1.20. The maximum Gasteiger partial charge on any atom is 0.329 e. The van der Waals surface area contributed by atoms with Gasteiger partial charge in [0.05, 0.1) is 46.6 Å². The molecule has 6 aromatic carbocycles. The van der Waals surface area contributed by atoms with E-state index in [1.54, 1.807) is 36.4 Å². The van der Waals surface area contributed by atoms with Gasteiger partial charge in [0.2, 0.25) is 11.8 Å². The van der Waals surface area contributed by atoms with E-state index < -0.39 is 71.0 Å². The predicted molar refractivity (Wildman–Crippen MR) is 282 cm³/mol. The molecule has 2 saturated heterocycles. The SMILES string of the molecule is C[C@@H](NC(=O)N1C(=O)[C@@]2(c3cc(C#CC4(O)CCCCCC4)ccc31)[C@H](C(=O)Nc1nc3ccccc3s1)[C@H]1C(=O)O[C@H](c3ccccc3)[C@H](c3ccccc3)N1[C@@H]2c1ccccc1OCCO)c1ccccc1. The van der Waals surface area contributed by atoms with Crippen LogP contribution in [-0.2, 0) is 24.5 Å². The number of morpholine rings is 1. The minimum absolute atomic E-state index is 0.114. The summed E-state index contributed by atoms with van der Waals surface area (Å²) in [5.41, 5.74) is 0.763. The summed E-state index contributed by atoms with van der Waals surface area (Å²) in [6, 6.07) is 43.1. The van der Waals surface area contributed by atoms with Crippen LogP contribution in [0.15, 0.2) is 158 Å². The Hall–Kier alpha value is -7.67. The average Bonchev–Trinajstić information content (AvgIpc) is 4.02. The molecule has 0 bridgehead atoms. The number of thiazole rings is 1. The molecule has 374 valence electrons. The van der Waals surface area contributed by atoms with E-state index in [9.17, 15) is 10.2 Å². The first-order valence-electron chi connectivity index (χ1n) is 25.3. The van der Waals surface area contributed by atoms with Crippen molar-refractivity contribution in [3.8, 4) is 17.6 Å². The second kappa shape index (κ2) is 20.3. The van der Waals surface area contributed by atoms with Gasteiger partial charge in [-0.1, -0.05) is 157 Å². The maximum atomic E-state index is 17.0. The quantitative estimate of drug-likeness (QED) is 0.0588. The van der Waals surface area contributed by atoms with Crippen molar-refractivity contribution in [2.24, 2.45) is 5.92 Å². The first-order valence-corrected chi connectivity index (χ1v) is 26.1. The summed E-state index contributed by atoms with van der Waals surface area (Å²) in [6.07, 6.45) is 3.68. The first-order chi connectivity index (χ1) is 36.1. The van der Waals surface area contributed by atoms with Crippen LogP contribution in [0.5, 0.6) is 5.75 Å². The van der Waals surface area contributed by atoms with E-state index in [0.29, 0.717) is 40.8 Å². The molecule has 3 aliphatic heterocycles. The van der Waals surface area contributed by atoms with Gasteiger partial charge in [-0.15, -0.1) is 0 Å². The third-order valence-corrected chi connectivity index (χ3v) is 16.0. The Labute approximate surface area is 433 Å². The summed E-state index contributed by atoms with van der Waals surface area (Å²) in [6.45, 7) is 1.38. The molecule has 4 amide bonds. The largest absolute Gasteiger partial charge is 0.491 e. The summed E-state index contributed by atoms with van der Waals surface area (Å²) < 4.78 is 13.9. The van der Waals surface area contributed by atoms with Crippen LogP contribution in [0.2, 0.25) is 0 Å². The number of esters is 1. The van der Waals surface area contributed by atoms with E-state index in [4.69, 9.17) is 14.5 Å². The highest BCUT2D eigenvalue weighted by Gasteiger charge is 2.76. The lowest BCUT2D eigenvalue weighted by Crippen LogP contribution is -2.55. The minimum atomic E-state index is -2.14. The van der Waals surface area contributed by atoms with Crippen LogP contribution >= 0.6 is 11.3 Å². The number of amides is 4. The van der Waals surface area contributed by atoms with Crippen molar-refractivity contribution in [1.29, 1.82) is 0 Å². The number of fused-ring (bicyclic) bond motifs is 4. The number of para-hydroxylation sites is 2. The molecule has 1 aromatic heterocycles. The Morgan fingerprint density at radius 1 is 0.824 bits per heavy atom. The molecule has 74 heavy (non-hydrogen) atoms. The monoisotopic (exact) mass is 1010 g/mol. The molecule has 4 N–H and O–H groups in total. The molecular formula is C60H55N5O8S. The molecule has 0 unspecified atom stereocenters. The predicted octanol–water partition coefficient (Wildman–Crippen LogP) is 9.88. The second-order valence-electron chi connectivity index (χ2n) is 19.5. The van der Waals surface area contributed by atoms with Gasteiger partial charge in [0.1, 0.15) is 35.5 Å². The zero-order valence-electron chi connectivity index (χ0n) is 40.7. The number of benzene rings is 6. The van der Waals surface area contributed by atoms with Crippen molar-refractivity contribution in [2.45, 2.75) is 86.7 Å². The Morgan fingerprint density at radius 2 is 1.49 bits per heavy atom. The summed E-state index contributed by atoms with van der Waals surface area (Å²) in [7, 11) is 0. The van der Waals surface area contributed by atoms with Crippen LogP contribution in [0, 0.1) is 17.8 Å². The Morgan fingerprint density at radius 3 is 2.20 bits per heavy atom. The molecule has 1 spiro atoms. The lowest BCUT2D eigenvalue weighted by atomic mass is 9.65. The van der Waals surface area contributed by atoms with Crippen LogP contribution in [0.25, 0.3) is 10.2 Å². The van der Waals surface area contributed by atoms with Gasteiger partial charge >= 0.3 is 12.0 Å². The van der Waals surface area contributed by atoms with E-state index in [1.165, 1.54) is 11.3 Å². The number of anilines is 2. The fourth-order valence-corrected chi connectivity index (χ4v) is 12.6. The second-order valence-corrected chi connectivity index (χ2v) is 20.5. The number of rotatable bonds is 10. The van der Waals surface area contributed by atoms with Gasteiger partial charge < -0.3 is 30.3 Å². The number of carbonyl (C=O) groups excluding carboxylic acids is 4. The third-order valence-electron chi connectivity index (χ3n) is 15.0. The number of aliphatic hydroxyl groups is 2. The molecule has 1 saturated carbocycles. The number of aromatic nitrogens is 1. The summed E-state index contributed by atoms with van der Waals surface area (Å²) in [5, 5.41) is 28.4. The van der Waals surface area contributed by atoms with Gasteiger partial charge in [-0.2, -0.15) is 0 Å². The molecule has 7 atom stereocenters. The lowest BCUT2D eigenvalue weighted by Gasteiger charge is -2.46. The number of nitrogens with zero attached hydrogens (tertiary/aromatic N) is 3. The average molecular weight is 1010 g/mol. The number of nitrogens with one attached hydrogen (secondary N) is 2. The fourth-order valence-electron chi connectivity index (χ4n) is 11.8. The molecule has 7 aromatic rings. The number of ether oxygens (including phenoxy) is 2. The molecule has 3 fully saturated rings.